The molecule has 0 unspecified atom stereocenters. The molecule has 110 valence electrons. The topological polar surface area (TPSA) is 95.9 Å². The fraction of sp³-hybridized carbons (Fsp3) is 0.154. The maximum absolute atomic E-state index is 12.0. The summed E-state index contributed by atoms with van der Waals surface area (Å²) < 4.78 is 5.52. The van der Waals surface area contributed by atoms with E-state index in [9.17, 15) is 19.5 Å². The molecule has 1 fully saturated rings. The van der Waals surface area contributed by atoms with E-state index >= 15 is 0 Å². The number of carbonyl (C=O) groups excluding carboxylic acids is 3. The van der Waals surface area contributed by atoms with Crippen LogP contribution in [0.2, 0.25) is 0 Å². The fourth-order valence-electron chi connectivity index (χ4n) is 1.75. The number of hydrogen-bond acceptors (Lipinski definition) is 5. The van der Waals surface area contributed by atoms with Crippen molar-refractivity contribution < 1.29 is 24.2 Å². The summed E-state index contributed by atoms with van der Waals surface area (Å²) in [4.78, 5) is 35.8. The predicted octanol–water partition coefficient (Wildman–Crippen LogP) is 1.10. The van der Waals surface area contributed by atoms with Gasteiger partial charge >= 0.3 is 6.03 Å². The van der Waals surface area contributed by atoms with Gasteiger partial charge in [0.25, 0.3) is 11.8 Å². The first kappa shape index (κ1) is 15.3. The lowest BCUT2D eigenvalue weighted by atomic mass is 10.1. The van der Waals surface area contributed by atoms with Gasteiger partial charge in [0, 0.05) is 7.05 Å². The Morgan fingerprint density at radius 2 is 2.00 bits per heavy atom. The van der Waals surface area contributed by atoms with E-state index in [1.165, 1.54) is 26.3 Å². The first-order chi connectivity index (χ1) is 9.85. The lowest BCUT2D eigenvalue weighted by molar-refractivity contribution is -0.129. The van der Waals surface area contributed by atoms with Crippen LogP contribution in [0.3, 0.4) is 0 Å². The number of nitrogens with one attached hydrogen (secondary N) is 1. The SMILES string of the molecule is COc1cc(C=C2C(=O)NC(=O)N(C)C2=O)cc(I)c1O. The van der Waals surface area contributed by atoms with E-state index in [2.05, 4.69) is 5.32 Å². The number of aromatic hydroxyl groups is 1. The van der Waals surface area contributed by atoms with Gasteiger partial charge in [0.1, 0.15) is 5.57 Å². The molecule has 1 aliphatic heterocycles. The Labute approximate surface area is 133 Å². The second-order valence-electron chi connectivity index (χ2n) is 4.24. The van der Waals surface area contributed by atoms with Gasteiger partial charge in [-0.3, -0.25) is 19.8 Å². The minimum Gasteiger partial charge on any atom is -0.504 e. The Balaban J connectivity index is 2.48. The standard InChI is InChI=1S/C13H11IN2O5/c1-16-12(19)7(11(18)15-13(16)20)3-6-4-8(14)10(17)9(5-6)21-2/h3-5,17H,1-2H3,(H,15,18,20). The van der Waals surface area contributed by atoms with E-state index in [1.54, 1.807) is 6.07 Å². The number of halogens is 1. The molecule has 0 saturated carbocycles. The van der Waals surface area contributed by atoms with Gasteiger partial charge in [-0.1, -0.05) is 0 Å². The van der Waals surface area contributed by atoms with Crippen LogP contribution >= 0.6 is 22.6 Å². The highest BCUT2D eigenvalue weighted by Crippen LogP contribution is 2.33. The molecule has 0 spiro atoms. The van der Waals surface area contributed by atoms with E-state index in [0.717, 1.165) is 4.90 Å². The second kappa shape index (κ2) is 5.72. The zero-order valence-corrected chi connectivity index (χ0v) is 13.3. The number of hydrogen-bond donors (Lipinski definition) is 2. The van der Waals surface area contributed by atoms with Crippen molar-refractivity contribution >= 4 is 46.5 Å². The molecule has 0 atom stereocenters. The van der Waals surface area contributed by atoms with Crippen molar-refractivity contribution in [1.29, 1.82) is 0 Å². The number of imide groups is 2. The zero-order valence-electron chi connectivity index (χ0n) is 11.1. The van der Waals surface area contributed by atoms with Gasteiger partial charge in [0.05, 0.1) is 10.7 Å². The number of carbonyl (C=O) groups is 3. The number of benzene rings is 1. The molecule has 7 nitrogen and oxygen atoms in total. The molecule has 1 saturated heterocycles. The van der Waals surface area contributed by atoms with E-state index < -0.39 is 17.8 Å². The molecule has 1 aromatic carbocycles. The van der Waals surface area contributed by atoms with Crippen molar-refractivity contribution in [2.75, 3.05) is 14.2 Å². The lowest BCUT2D eigenvalue weighted by Gasteiger charge is -2.22. The Morgan fingerprint density at radius 1 is 1.33 bits per heavy atom. The van der Waals surface area contributed by atoms with Crippen molar-refractivity contribution in [3.05, 3.63) is 26.8 Å². The highest BCUT2D eigenvalue weighted by molar-refractivity contribution is 14.1. The van der Waals surface area contributed by atoms with E-state index in [4.69, 9.17) is 4.74 Å². The minimum atomic E-state index is -0.764. The summed E-state index contributed by atoms with van der Waals surface area (Å²) in [6.45, 7) is 0. The highest BCUT2D eigenvalue weighted by Gasteiger charge is 2.33. The van der Waals surface area contributed by atoms with Crippen LogP contribution < -0.4 is 10.1 Å². The third-order valence-electron chi connectivity index (χ3n) is 2.89. The van der Waals surface area contributed by atoms with Crippen LogP contribution in [-0.2, 0) is 9.59 Å². The normalized spacial score (nSPS) is 17.2. The molecule has 2 N–H and O–H groups in total. The average Bonchev–Trinajstić information content (AvgIpc) is 2.44. The number of likely N-dealkylation sites (N-methyl/N-ethyl adjacent to an activating group) is 1. The molecular formula is C13H11IN2O5. The van der Waals surface area contributed by atoms with E-state index in [0.29, 0.717) is 9.13 Å². The Hall–Kier alpha value is -2.10. The van der Waals surface area contributed by atoms with Crippen molar-refractivity contribution in [3.8, 4) is 11.5 Å². The largest absolute Gasteiger partial charge is 0.504 e. The van der Waals surface area contributed by atoms with E-state index in [1.807, 2.05) is 22.6 Å². The number of methoxy groups -OCH3 is 1. The number of phenols is 1. The summed E-state index contributed by atoms with van der Waals surface area (Å²) in [7, 11) is 2.67. The summed E-state index contributed by atoms with van der Waals surface area (Å²) in [5, 5.41) is 11.8. The number of amides is 4. The molecule has 0 aliphatic carbocycles. The summed E-state index contributed by atoms with van der Waals surface area (Å²) in [6, 6.07) is 2.31. The molecule has 2 rings (SSSR count). The van der Waals surface area contributed by atoms with Crippen LogP contribution in [0, 0.1) is 3.57 Å². The van der Waals surface area contributed by atoms with Crippen molar-refractivity contribution in [2.45, 2.75) is 0 Å². The molecule has 4 amide bonds. The van der Waals surface area contributed by atoms with Gasteiger partial charge in [0.15, 0.2) is 11.5 Å². The summed E-state index contributed by atoms with van der Waals surface area (Å²) >= 11 is 1.90. The Morgan fingerprint density at radius 3 is 2.62 bits per heavy atom. The van der Waals surface area contributed by atoms with Crippen molar-refractivity contribution in [1.82, 2.24) is 10.2 Å². The first-order valence-electron chi connectivity index (χ1n) is 5.76. The first-order valence-corrected chi connectivity index (χ1v) is 6.84. The van der Waals surface area contributed by atoms with Crippen LogP contribution in [0.25, 0.3) is 6.08 Å². The number of nitrogens with zero attached hydrogens (tertiary/aromatic N) is 1. The van der Waals surface area contributed by atoms with Gasteiger partial charge < -0.3 is 9.84 Å². The van der Waals surface area contributed by atoms with Crippen molar-refractivity contribution in [2.24, 2.45) is 0 Å². The molecule has 1 aliphatic rings. The Kier molecular flexibility index (Phi) is 4.16. The second-order valence-corrected chi connectivity index (χ2v) is 5.40. The van der Waals surface area contributed by atoms with Crippen molar-refractivity contribution in [3.63, 3.8) is 0 Å². The molecule has 1 aromatic rings. The molecule has 1 heterocycles. The maximum atomic E-state index is 12.0. The van der Waals surface area contributed by atoms with Gasteiger partial charge in [-0.2, -0.15) is 0 Å². The van der Waals surface area contributed by atoms with Crippen LogP contribution in [0.15, 0.2) is 17.7 Å². The number of phenolic OH excluding ortho intramolecular Hbond substituents is 1. The predicted molar refractivity (Wildman–Crippen MR) is 81.7 cm³/mol. The van der Waals surface area contributed by atoms with Gasteiger partial charge in [-0.25, -0.2) is 4.79 Å². The molecule has 8 heteroatoms. The number of urea groups is 1. The number of rotatable bonds is 2. The van der Waals surface area contributed by atoms with Crippen LogP contribution in [0.1, 0.15) is 5.56 Å². The Bertz CT molecular complexity index is 683. The smallest absolute Gasteiger partial charge is 0.331 e. The molecule has 21 heavy (non-hydrogen) atoms. The molecule has 0 aromatic heterocycles. The average molecular weight is 402 g/mol. The molecular weight excluding hydrogens is 391 g/mol. The maximum Gasteiger partial charge on any atom is 0.331 e. The lowest BCUT2D eigenvalue weighted by Crippen LogP contribution is -2.52. The summed E-state index contributed by atoms with van der Waals surface area (Å²) in [5.41, 5.74) is 0.330. The quantitative estimate of drug-likeness (QED) is 0.439. The third-order valence-corrected chi connectivity index (χ3v) is 3.71. The molecule has 0 radical (unpaired) electrons. The van der Waals surface area contributed by atoms with Gasteiger partial charge in [-0.05, 0) is 46.4 Å². The van der Waals surface area contributed by atoms with Gasteiger partial charge in [0.2, 0.25) is 0 Å². The van der Waals surface area contributed by atoms with Gasteiger partial charge in [-0.15, -0.1) is 0 Å². The number of ether oxygens (including phenoxy) is 1. The van der Waals surface area contributed by atoms with Crippen LogP contribution in [0.5, 0.6) is 11.5 Å². The van der Waals surface area contributed by atoms with Crippen LogP contribution in [-0.4, -0.2) is 42.0 Å². The highest BCUT2D eigenvalue weighted by atomic mass is 127. The third kappa shape index (κ3) is 2.84. The zero-order chi connectivity index (χ0) is 15.7. The molecule has 0 bridgehead atoms. The fourth-order valence-corrected chi connectivity index (χ4v) is 2.37. The minimum absolute atomic E-state index is 0.0213. The summed E-state index contributed by atoms with van der Waals surface area (Å²) in [5.74, 6) is -1.25. The van der Waals surface area contributed by atoms with Crippen LogP contribution in [0.4, 0.5) is 4.79 Å². The number of barbiturate groups is 1. The summed E-state index contributed by atoms with van der Waals surface area (Å²) in [6.07, 6.45) is 1.34. The van der Waals surface area contributed by atoms with E-state index in [-0.39, 0.29) is 17.1 Å². The monoisotopic (exact) mass is 402 g/mol.